The Morgan fingerprint density at radius 2 is 1.81 bits per heavy atom. The van der Waals surface area contributed by atoms with Crippen LogP contribution in [0.5, 0.6) is 0 Å². The SMILES string of the molecule is Cc1cc(N)nc(-c2cccc(C)c2C)n1. The van der Waals surface area contributed by atoms with Crippen molar-refractivity contribution in [3.63, 3.8) is 0 Å². The zero-order valence-corrected chi connectivity index (χ0v) is 9.78. The first-order valence-corrected chi connectivity index (χ1v) is 5.25. The second-order valence-corrected chi connectivity index (χ2v) is 4.01. The average molecular weight is 213 g/mol. The predicted octanol–water partition coefficient (Wildman–Crippen LogP) is 2.65. The number of nitrogen functional groups attached to an aromatic ring is 1. The number of benzene rings is 1. The van der Waals surface area contributed by atoms with E-state index in [1.807, 2.05) is 19.1 Å². The van der Waals surface area contributed by atoms with Gasteiger partial charge in [0.25, 0.3) is 0 Å². The Morgan fingerprint density at radius 1 is 1.06 bits per heavy atom. The monoisotopic (exact) mass is 213 g/mol. The van der Waals surface area contributed by atoms with E-state index in [4.69, 9.17) is 5.73 Å². The summed E-state index contributed by atoms with van der Waals surface area (Å²) in [4.78, 5) is 8.69. The number of hydrogen-bond donors (Lipinski definition) is 1. The molecule has 2 aromatic rings. The molecule has 0 aliphatic rings. The second-order valence-electron chi connectivity index (χ2n) is 4.01. The molecule has 0 saturated carbocycles. The van der Waals surface area contributed by atoms with Gasteiger partial charge in [-0.2, -0.15) is 0 Å². The van der Waals surface area contributed by atoms with Crippen molar-refractivity contribution in [2.45, 2.75) is 20.8 Å². The fourth-order valence-corrected chi connectivity index (χ4v) is 1.71. The number of nitrogens with two attached hydrogens (primary N) is 1. The van der Waals surface area contributed by atoms with E-state index in [0.717, 1.165) is 11.3 Å². The summed E-state index contributed by atoms with van der Waals surface area (Å²) in [5.74, 6) is 1.22. The first kappa shape index (κ1) is 10.6. The van der Waals surface area contributed by atoms with Crippen molar-refractivity contribution in [2.75, 3.05) is 5.73 Å². The highest BCUT2D eigenvalue weighted by atomic mass is 14.9. The Labute approximate surface area is 95.4 Å². The van der Waals surface area contributed by atoms with Crippen molar-refractivity contribution in [2.24, 2.45) is 0 Å². The Balaban J connectivity index is 2.63. The molecule has 0 fully saturated rings. The van der Waals surface area contributed by atoms with Crippen LogP contribution in [0, 0.1) is 20.8 Å². The third kappa shape index (κ3) is 1.89. The minimum atomic E-state index is 0.517. The summed E-state index contributed by atoms with van der Waals surface area (Å²) in [5.41, 5.74) is 10.1. The van der Waals surface area contributed by atoms with Crippen molar-refractivity contribution in [3.8, 4) is 11.4 Å². The van der Waals surface area contributed by atoms with Gasteiger partial charge < -0.3 is 5.73 Å². The molecule has 0 saturated heterocycles. The molecule has 1 aromatic carbocycles. The molecule has 0 bridgehead atoms. The summed E-state index contributed by atoms with van der Waals surface area (Å²) in [6.45, 7) is 6.08. The number of aryl methyl sites for hydroxylation is 2. The first-order valence-electron chi connectivity index (χ1n) is 5.25. The van der Waals surface area contributed by atoms with Crippen LogP contribution in [0.3, 0.4) is 0 Å². The lowest BCUT2D eigenvalue weighted by molar-refractivity contribution is 1.11. The van der Waals surface area contributed by atoms with Gasteiger partial charge in [0.15, 0.2) is 5.82 Å². The molecule has 2 rings (SSSR count). The number of aromatic nitrogens is 2. The molecule has 0 unspecified atom stereocenters. The minimum absolute atomic E-state index is 0.517. The molecule has 0 amide bonds. The topological polar surface area (TPSA) is 51.8 Å². The van der Waals surface area contributed by atoms with Crippen LogP contribution in [-0.4, -0.2) is 9.97 Å². The lowest BCUT2D eigenvalue weighted by Crippen LogP contribution is -1.99. The zero-order chi connectivity index (χ0) is 11.7. The fourth-order valence-electron chi connectivity index (χ4n) is 1.71. The van der Waals surface area contributed by atoms with Gasteiger partial charge in [-0.3, -0.25) is 0 Å². The molecule has 1 heterocycles. The van der Waals surface area contributed by atoms with Crippen LogP contribution in [0.2, 0.25) is 0 Å². The fraction of sp³-hybridized carbons (Fsp3) is 0.231. The normalized spacial score (nSPS) is 10.4. The van der Waals surface area contributed by atoms with Gasteiger partial charge in [0.2, 0.25) is 0 Å². The summed E-state index contributed by atoms with van der Waals surface area (Å²) in [6, 6.07) is 7.89. The highest BCUT2D eigenvalue weighted by Crippen LogP contribution is 2.23. The Hall–Kier alpha value is -1.90. The van der Waals surface area contributed by atoms with Crippen LogP contribution in [0.4, 0.5) is 5.82 Å². The van der Waals surface area contributed by atoms with Crippen molar-refractivity contribution in [3.05, 3.63) is 41.1 Å². The summed E-state index contributed by atoms with van der Waals surface area (Å²) >= 11 is 0. The third-order valence-electron chi connectivity index (χ3n) is 2.72. The highest BCUT2D eigenvalue weighted by molar-refractivity contribution is 5.63. The molecule has 0 aliphatic heterocycles. The van der Waals surface area contributed by atoms with Gasteiger partial charge in [0.05, 0.1) is 0 Å². The maximum Gasteiger partial charge on any atom is 0.162 e. The predicted molar refractivity (Wildman–Crippen MR) is 66.1 cm³/mol. The van der Waals surface area contributed by atoms with E-state index in [0.29, 0.717) is 11.6 Å². The van der Waals surface area contributed by atoms with Crippen molar-refractivity contribution < 1.29 is 0 Å². The molecule has 0 spiro atoms. The largest absolute Gasteiger partial charge is 0.384 e. The van der Waals surface area contributed by atoms with E-state index in [-0.39, 0.29) is 0 Å². The number of anilines is 1. The molecule has 2 N–H and O–H groups in total. The molecule has 0 radical (unpaired) electrons. The van der Waals surface area contributed by atoms with E-state index in [1.165, 1.54) is 11.1 Å². The molecule has 16 heavy (non-hydrogen) atoms. The van der Waals surface area contributed by atoms with E-state index in [2.05, 4.69) is 29.9 Å². The smallest absolute Gasteiger partial charge is 0.162 e. The van der Waals surface area contributed by atoms with Crippen molar-refractivity contribution in [1.29, 1.82) is 0 Å². The molecular weight excluding hydrogens is 198 g/mol. The van der Waals surface area contributed by atoms with E-state index >= 15 is 0 Å². The maximum atomic E-state index is 5.73. The second kappa shape index (κ2) is 3.93. The molecular formula is C13H15N3. The van der Waals surface area contributed by atoms with Gasteiger partial charge in [-0.15, -0.1) is 0 Å². The molecule has 3 heteroatoms. The Bertz CT molecular complexity index is 512. The Morgan fingerprint density at radius 3 is 2.50 bits per heavy atom. The standard InChI is InChI=1S/C13H15N3/c1-8-5-4-6-11(10(8)3)13-15-9(2)7-12(14)16-13/h4-7H,1-3H3,(H2,14,15,16). The van der Waals surface area contributed by atoms with Gasteiger partial charge >= 0.3 is 0 Å². The van der Waals surface area contributed by atoms with Crippen LogP contribution in [0.25, 0.3) is 11.4 Å². The lowest BCUT2D eigenvalue weighted by atomic mass is 10.0. The zero-order valence-electron chi connectivity index (χ0n) is 9.78. The van der Waals surface area contributed by atoms with E-state index < -0.39 is 0 Å². The summed E-state index contributed by atoms with van der Waals surface area (Å²) in [6.07, 6.45) is 0. The first-order chi connectivity index (χ1) is 7.58. The van der Waals surface area contributed by atoms with Gasteiger partial charge in [-0.05, 0) is 31.9 Å². The minimum Gasteiger partial charge on any atom is -0.384 e. The van der Waals surface area contributed by atoms with Gasteiger partial charge in [0.1, 0.15) is 5.82 Å². The summed E-state index contributed by atoms with van der Waals surface area (Å²) in [7, 11) is 0. The molecule has 3 nitrogen and oxygen atoms in total. The van der Waals surface area contributed by atoms with Crippen LogP contribution in [0.1, 0.15) is 16.8 Å². The maximum absolute atomic E-state index is 5.73. The van der Waals surface area contributed by atoms with Crippen LogP contribution < -0.4 is 5.73 Å². The number of hydrogen-bond acceptors (Lipinski definition) is 3. The van der Waals surface area contributed by atoms with Crippen molar-refractivity contribution >= 4 is 5.82 Å². The Kier molecular flexibility index (Phi) is 2.60. The summed E-state index contributed by atoms with van der Waals surface area (Å²) < 4.78 is 0. The molecule has 0 atom stereocenters. The van der Waals surface area contributed by atoms with Gasteiger partial charge in [-0.25, -0.2) is 9.97 Å². The highest BCUT2D eigenvalue weighted by Gasteiger charge is 2.07. The van der Waals surface area contributed by atoms with Crippen molar-refractivity contribution in [1.82, 2.24) is 9.97 Å². The van der Waals surface area contributed by atoms with Crippen LogP contribution in [-0.2, 0) is 0 Å². The molecule has 0 aliphatic carbocycles. The average Bonchev–Trinajstić information content (AvgIpc) is 2.20. The number of nitrogens with zero attached hydrogens (tertiary/aromatic N) is 2. The molecule has 1 aromatic heterocycles. The summed E-state index contributed by atoms with van der Waals surface area (Å²) in [5, 5.41) is 0. The third-order valence-corrected chi connectivity index (χ3v) is 2.72. The van der Waals surface area contributed by atoms with Crippen LogP contribution in [0.15, 0.2) is 24.3 Å². The van der Waals surface area contributed by atoms with Gasteiger partial charge in [-0.1, -0.05) is 18.2 Å². The van der Waals surface area contributed by atoms with Crippen LogP contribution >= 0.6 is 0 Å². The van der Waals surface area contributed by atoms with Gasteiger partial charge in [0, 0.05) is 17.3 Å². The number of rotatable bonds is 1. The lowest BCUT2D eigenvalue weighted by Gasteiger charge is -2.08. The molecule has 82 valence electrons. The van der Waals surface area contributed by atoms with E-state index in [1.54, 1.807) is 6.07 Å². The van der Waals surface area contributed by atoms with E-state index in [9.17, 15) is 0 Å². The quantitative estimate of drug-likeness (QED) is 0.792.